The molecule has 2 N–H and O–H groups in total. The van der Waals surface area contributed by atoms with Crippen LogP contribution in [-0.2, 0) is 10.0 Å². The van der Waals surface area contributed by atoms with Crippen LogP contribution in [-0.4, -0.2) is 23.5 Å². The van der Waals surface area contributed by atoms with Crippen LogP contribution in [0.2, 0.25) is 0 Å². The quantitative estimate of drug-likeness (QED) is 0.848. The average Bonchev–Trinajstić information content (AvgIpc) is 2.33. The topological polar surface area (TPSA) is 92.2 Å². The van der Waals surface area contributed by atoms with E-state index in [-0.39, 0.29) is 16.5 Å². The molecule has 7 heteroatoms. The number of hydrogen-bond donors (Lipinski definition) is 2. The van der Waals surface area contributed by atoms with E-state index in [9.17, 15) is 13.5 Å². The fourth-order valence-corrected chi connectivity index (χ4v) is 2.15. The Kier molecular flexibility index (Phi) is 2.92. The van der Waals surface area contributed by atoms with Crippen LogP contribution in [0.5, 0.6) is 5.75 Å². The Balaban J connectivity index is 2.34. The smallest absolute Gasteiger partial charge is 0.264 e. The molecule has 0 aliphatic rings. The zero-order valence-electron chi connectivity index (χ0n) is 8.61. The van der Waals surface area contributed by atoms with Gasteiger partial charge < -0.3 is 5.11 Å². The van der Waals surface area contributed by atoms with Crippen LogP contribution in [0.3, 0.4) is 0 Å². The molecule has 0 saturated heterocycles. The van der Waals surface area contributed by atoms with Crippen LogP contribution in [0.15, 0.2) is 47.8 Å². The summed E-state index contributed by atoms with van der Waals surface area (Å²) < 4.78 is 25.9. The number of nitrogens with zero attached hydrogens (tertiary/aromatic N) is 2. The van der Waals surface area contributed by atoms with Gasteiger partial charge in [0.25, 0.3) is 10.0 Å². The van der Waals surface area contributed by atoms with Crippen molar-refractivity contribution in [1.29, 1.82) is 0 Å². The highest BCUT2D eigenvalue weighted by Crippen LogP contribution is 2.21. The van der Waals surface area contributed by atoms with Gasteiger partial charge in [0, 0.05) is 18.6 Å². The number of pyridine rings is 2. The van der Waals surface area contributed by atoms with Crippen LogP contribution in [0.4, 0.5) is 5.82 Å². The molecule has 0 fully saturated rings. The minimum Gasteiger partial charge on any atom is -0.504 e. The lowest BCUT2D eigenvalue weighted by Gasteiger charge is -2.07. The molecule has 0 amide bonds. The minimum atomic E-state index is -3.77. The second-order valence-corrected chi connectivity index (χ2v) is 4.85. The van der Waals surface area contributed by atoms with E-state index in [1.54, 1.807) is 0 Å². The van der Waals surface area contributed by atoms with Gasteiger partial charge in [0.05, 0.1) is 0 Å². The van der Waals surface area contributed by atoms with Crippen molar-refractivity contribution in [2.24, 2.45) is 0 Å². The maximum Gasteiger partial charge on any atom is 0.264 e. The molecule has 0 saturated carbocycles. The standard InChI is InChI=1S/C10H9N3O3S/c14-9-4-2-6-12-10(9)13-17(15,16)8-3-1-5-11-7-8/h1-7,14H,(H,12,13). The highest BCUT2D eigenvalue weighted by molar-refractivity contribution is 7.92. The molecule has 6 nitrogen and oxygen atoms in total. The SMILES string of the molecule is O=S(=O)(Nc1ncccc1O)c1cccnc1. The van der Waals surface area contributed by atoms with E-state index in [0.29, 0.717) is 0 Å². The monoisotopic (exact) mass is 251 g/mol. The van der Waals surface area contributed by atoms with Gasteiger partial charge in [-0.1, -0.05) is 0 Å². The number of hydrogen-bond acceptors (Lipinski definition) is 5. The van der Waals surface area contributed by atoms with Gasteiger partial charge in [0.1, 0.15) is 4.90 Å². The molecule has 0 radical (unpaired) electrons. The second kappa shape index (κ2) is 4.38. The summed E-state index contributed by atoms with van der Waals surface area (Å²) in [5.74, 6) is -0.351. The van der Waals surface area contributed by atoms with Crippen molar-refractivity contribution in [3.05, 3.63) is 42.9 Å². The summed E-state index contributed by atoms with van der Waals surface area (Å²) in [5, 5.41) is 9.42. The fourth-order valence-electron chi connectivity index (χ4n) is 1.17. The molecule has 88 valence electrons. The number of aromatic hydroxyl groups is 1. The first-order valence-corrected chi connectivity index (χ1v) is 6.15. The molecule has 2 rings (SSSR count). The van der Waals surface area contributed by atoms with Gasteiger partial charge in [0.2, 0.25) is 0 Å². The Morgan fingerprint density at radius 1 is 1.18 bits per heavy atom. The van der Waals surface area contributed by atoms with E-state index >= 15 is 0 Å². The molecule has 2 aromatic rings. The summed E-state index contributed by atoms with van der Waals surface area (Å²) in [6.45, 7) is 0. The van der Waals surface area contributed by atoms with Gasteiger partial charge in [0.15, 0.2) is 11.6 Å². The maximum absolute atomic E-state index is 11.9. The van der Waals surface area contributed by atoms with Crippen molar-refractivity contribution in [3.8, 4) is 5.75 Å². The van der Waals surface area contributed by atoms with Crippen molar-refractivity contribution >= 4 is 15.8 Å². The summed E-state index contributed by atoms with van der Waals surface area (Å²) >= 11 is 0. The summed E-state index contributed by atoms with van der Waals surface area (Å²) in [6.07, 6.45) is 4.06. The molecule has 0 bridgehead atoms. The van der Waals surface area contributed by atoms with Gasteiger partial charge in [-0.3, -0.25) is 9.71 Å². The fraction of sp³-hybridized carbons (Fsp3) is 0. The van der Waals surface area contributed by atoms with Gasteiger partial charge in [-0.2, -0.15) is 0 Å². The molecule has 0 spiro atoms. The summed E-state index contributed by atoms with van der Waals surface area (Å²) in [4.78, 5) is 7.45. The Labute approximate surface area is 98.0 Å². The third kappa shape index (κ3) is 2.51. The third-order valence-corrected chi connectivity index (χ3v) is 3.29. The average molecular weight is 251 g/mol. The van der Waals surface area contributed by atoms with Crippen molar-refractivity contribution in [3.63, 3.8) is 0 Å². The second-order valence-electron chi connectivity index (χ2n) is 3.17. The van der Waals surface area contributed by atoms with E-state index in [2.05, 4.69) is 14.7 Å². The van der Waals surface area contributed by atoms with Crippen molar-refractivity contribution in [2.75, 3.05) is 4.72 Å². The van der Waals surface area contributed by atoms with Gasteiger partial charge in [-0.05, 0) is 24.3 Å². The zero-order valence-corrected chi connectivity index (χ0v) is 9.42. The summed E-state index contributed by atoms with van der Waals surface area (Å²) in [6, 6.07) is 5.74. The first-order valence-electron chi connectivity index (χ1n) is 4.66. The maximum atomic E-state index is 11.9. The van der Waals surface area contributed by atoms with Crippen LogP contribution < -0.4 is 4.72 Å². The van der Waals surface area contributed by atoms with Crippen LogP contribution in [0.1, 0.15) is 0 Å². The lowest BCUT2D eigenvalue weighted by molar-refractivity contribution is 0.475. The Hall–Kier alpha value is -2.15. The molecule has 0 atom stereocenters. The van der Waals surface area contributed by atoms with E-state index in [0.717, 1.165) is 0 Å². The van der Waals surface area contributed by atoms with Gasteiger partial charge in [-0.25, -0.2) is 13.4 Å². The molecular weight excluding hydrogens is 242 g/mol. The number of anilines is 1. The van der Waals surface area contributed by atoms with Crippen LogP contribution in [0, 0.1) is 0 Å². The van der Waals surface area contributed by atoms with Crippen molar-refractivity contribution in [2.45, 2.75) is 4.90 Å². The Bertz CT molecular complexity index is 614. The number of sulfonamides is 1. The lowest BCUT2D eigenvalue weighted by Crippen LogP contribution is -2.14. The predicted molar refractivity (Wildman–Crippen MR) is 60.9 cm³/mol. The van der Waals surface area contributed by atoms with Crippen LogP contribution in [0.25, 0.3) is 0 Å². The predicted octanol–water partition coefficient (Wildman–Crippen LogP) is 0.983. The first kappa shape index (κ1) is 11.3. The number of nitrogens with one attached hydrogen (secondary N) is 1. The van der Waals surface area contributed by atoms with E-state index < -0.39 is 10.0 Å². The zero-order chi connectivity index (χ0) is 12.3. The molecule has 17 heavy (non-hydrogen) atoms. The van der Waals surface area contributed by atoms with E-state index in [4.69, 9.17) is 0 Å². The van der Waals surface area contributed by atoms with Gasteiger partial charge >= 0.3 is 0 Å². The highest BCUT2D eigenvalue weighted by Gasteiger charge is 2.16. The molecule has 2 aromatic heterocycles. The van der Waals surface area contributed by atoms with E-state index in [1.807, 2.05) is 0 Å². The molecular formula is C10H9N3O3S. The summed E-state index contributed by atoms with van der Waals surface area (Å²) in [5.41, 5.74) is 0. The molecule has 0 aliphatic carbocycles. The van der Waals surface area contributed by atoms with Crippen LogP contribution >= 0.6 is 0 Å². The van der Waals surface area contributed by atoms with Crippen molar-refractivity contribution < 1.29 is 13.5 Å². The van der Waals surface area contributed by atoms with Gasteiger partial charge in [-0.15, -0.1) is 0 Å². The number of aromatic nitrogens is 2. The Morgan fingerprint density at radius 2 is 1.94 bits per heavy atom. The summed E-state index contributed by atoms with van der Waals surface area (Å²) in [7, 11) is -3.77. The Morgan fingerprint density at radius 3 is 2.59 bits per heavy atom. The normalized spacial score (nSPS) is 11.1. The van der Waals surface area contributed by atoms with E-state index in [1.165, 1.54) is 42.9 Å². The lowest BCUT2D eigenvalue weighted by atomic mass is 10.4. The first-order chi connectivity index (χ1) is 8.09. The number of rotatable bonds is 3. The molecule has 0 aliphatic heterocycles. The molecule has 0 aromatic carbocycles. The highest BCUT2D eigenvalue weighted by atomic mass is 32.2. The third-order valence-electron chi connectivity index (χ3n) is 1.96. The van der Waals surface area contributed by atoms with Crippen molar-refractivity contribution in [1.82, 2.24) is 9.97 Å². The minimum absolute atomic E-state index is 0.00468. The molecule has 2 heterocycles. The molecule has 0 unspecified atom stereocenters. The largest absolute Gasteiger partial charge is 0.504 e.